The molecule has 3 N–H and O–H groups in total. The van der Waals surface area contributed by atoms with Crippen LogP contribution in [0.25, 0.3) is 0 Å². The summed E-state index contributed by atoms with van der Waals surface area (Å²) in [7, 11) is -3.12. The van der Waals surface area contributed by atoms with E-state index in [4.69, 9.17) is 11.6 Å². The lowest BCUT2D eigenvalue weighted by Gasteiger charge is -2.23. The van der Waals surface area contributed by atoms with Crippen molar-refractivity contribution in [3.63, 3.8) is 0 Å². The smallest absolute Gasteiger partial charge is 0.315 e. The maximum Gasteiger partial charge on any atom is 0.315 e. The molecule has 1 aliphatic heterocycles. The van der Waals surface area contributed by atoms with E-state index in [1.807, 2.05) is 0 Å². The first-order valence-electron chi connectivity index (χ1n) is 8.11. The largest absolute Gasteiger partial charge is 0.334 e. The summed E-state index contributed by atoms with van der Waals surface area (Å²) in [5.41, 5.74) is 0.302. The monoisotopic (exact) mass is 405 g/mol. The number of halogens is 2. The van der Waals surface area contributed by atoms with Crippen molar-refractivity contribution in [2.45, 2.75) is 32.4 Å². The zero-order valence-electron chi connectivity index (χ0n) is 14.4. The lowest BCUT2D eigenvalue weighted by Crippen LogP contribution is -2.52. The van der Waals surface area contributed by atoms with Gasteiger partial charge in [0.25, 0.3) is 0 Å². The van der Waals surface area contributed by atoms with Gasteiger partial charge in [0.15, 0.2) is 9.84 Å². The van der Waals surface area contributed by atoms with Crippen molar-refractivity contribution in [2.24, 2.45) is 5.92 Å². The molecule has 10 heteroatoms. The summed E-state index contributed by atoms with van der Waals surface area (Å²) in [6.45, 7) is 3.50. The Morgan fingerprint density at radius 1 is 1.31 bits per heavy atom. The summed E-state index contributed by atoms with van der Waals surface area (Å²) in [4.78, 5) is 24.6. The normalized spacial score (nSPS) is 19.8. The fourth-order valence-electron chi connectivity index (χ4n) is 2.61. The van der Waals surface area contributed by atoms with Crippen molar-refractivity contribution in [1.29, 1.82) is 0 Å². The Kier molecular flexibility index (Phi) is 6.46. The number of nitrogens with one attached hydrogen (secondary N) is 3. The number of sulfone groups is 1. The zero-order valence-corrected chi connectivity index (χ0v) is 16.0. The maximum absolute atomic E-state index is 13.2. The van der Waals surface area contributed by atoms with Crippen LogP contribution in [0.3, 0.4) is 0 Å². The van der Waals surface area contributed by atoms with Gasteiger partial charge in [0.1, 0.15) is 11.9 Å². The van der Waals surface area contributed by atoms with Gasteiger partial charge in [-0.05, 0) is 30.5 Å². The summed E-state index contributed by atoms with van der Waals surface area (Å²) in [6.07, 6.45) is 0.350. The third-order valence-corrected chi connectivity index (χ3v) is 6.05. The molecule has 1 fully saturated rings. The average Bonchev–Trinajstić information content (AvgIpc) is 2.86. The molecule has 1 aromatic carbocycles. The number of hydrogen-bond acceptors (Lipinski definition) is 4. The van der Waals surface area contributed by atoms with Gasteiger partial charge in [-0.3, -0.25) is 4.79 Å². The van der Waals surface area contributed by atoms with Crippen LogP contribution in [0.4, 0.5) is 14.9 Å². The Morgan fingerprint density at radius 2 is 2.00 bits per heavy atom. The van der Waals surface area contributed by atoms with Crippen LogP contribution in [-0.2, 0) is 14.6 Å². The summed E-state index contributed by atoms with van der Waals surface area (Å²) in [5.74, 6) is -1.39. The van der Waals surface area contributed by atoms with Crippen LogP contribution in [0.2, 0.25) is 5.02 Å². The molecule has 3 amide bonds. The van der Waals surface area contributed by atoms with E-state index in [-0.39, 0.29) is 22.4 Å². The Balaban J connectivity index is 1.97. The molecule has 1 aromatic rings. The van der Waals surface area contributed by atoms with E-state index in [9.17, 15) is 22.4 Å². The van der Waals surface area contributed by atoms with Crippen LogP contribution >= 0.6 is 11.6 Å². The lowest BCUT2D eigenvalue weighted by atomic mass is 10.0. The van der Waals surface area contributed by atoms with E-state index >= 15 is 0 Å². The van der Waals surface area contributed by atoms with Gasteiger partial charge in [0, 0.05) is 11.7 Å². The molecule has 0 spiro atoms. The minimum atomic E-state index is -3.12. The van der Waals surface area contributed by atoms with Crippen molar-refractivity contribution < 1.29 is 22.4 Å². The number of urea groups is 1. The lowest BCUT2D eigenvalue weighted by molar-refractivity contribution is -0.118. The summed E-state index contributed by atoms with van der Waals surface area (Å²) >= 11 is 5.69. The molecule has 1 aliphatic rings. The van der Waals surface area contributed by atoms with Crippen molar-refractivity contribution in [3.8, 4) is 0 Å². The number of hydrogen-bond donors (Lipinski definition) is 3. The van der Waals surface area contributed by atoms with Gasteiger partial charge in [0.2, 0.25) is 5.91 Å². The second-order valence-electron chi connectivity index (χ2n) is 6.56. The molecule has 0 aromatic heterocycles. The second-order valence-corrected chi connectivity index (χ2v) is 9.19. The van der Waals surface area contributed by atoms with Gasteiger partial charge in [-0.2, -0.15) is 0 Å². The van der Waals surface area contributed by atoms with Gasteiger partial charge >= 0.3 is 6.03 Å². The Bertz CT molecular complexity index is 801. The third kappa shape index (κ3) is 5.57. The molecule has 144 valence electrons. The third-order valence-electron chi connectivity index (χ3n) is 3.99. The molecule has 0 saturated carbocycles. The fraction of sp³-hybridized carbons (Fsp3) is 0.500. The van der Waals surface area contributed by atoms with Crippen LogP contribution < -0.4 is 16.0 Å². The van der Waals surface area contributed by atoms with Crippen LogP contribution in [0.1, 0.15) is 20.3 Å². The number of carbonyl (C=O) groups is 2. The summed E-state index contributed by atoms with van der Waals surface area (Å²) in [6, 6.07) is 1.82. The highest BCUT2D eigenvalue weighted by atomic mass is 35.5. The quantitative estimate of drug-likeness (QED) is 0.696. The summed E-state index contributed by atoms with van der Waals surface area (Å²) in [5, 5.41) is 7.58. The molecular weight excluding hydrogens is 385 g/mol. The van der Waals surface area contributed by atoms with Crippen molar-refractivity contribution in [2.75, 3.05) is 16.8 Å². The van der Waals surface area contributed by atoms with Gasteiger partial charge in [-0.15, -0.1) is 0 Å². The molecular formula is C16H21ClFN3O4S. The van der Waals surface area contributed by atoms with Crippen molar-refractivity contribution in [3.05, 3.63) is 29.0 Å². The number of amides is 3. The first kappa shape index (κ1) is 20.4. The predicted molar refractivity (Wildman–Crippen MR) is 97.4 cm³/mol. The van der Waals surface area contributed by atoms with Gasteiger partial charge in [-0.25, -0.2) is 17.6 Å². The zero-order chi connectivity index (χ0) is 19.5. The molecule has 0 bridgehead atoms. The Hall–Kier alpha value is -1.87. The van der Waals surface area contributed by atoms with E-state index in [2.05, 4.69) is 16.0 Å². The summed E-state index contributed by atoms with van der Waals surface area (Å²) < 4.78 is 36.1. The minimum absolute atomic E-state index is 0.0391. The number of carbonyl (C=O) groups excluding carboxylic acids is 2. The molecule has 2 rings (SSSR count). The maximum atomic E-state index is 13.2. The Morgan fingerprint density at radius 3 is 2.54 bits per heavy atom. The molecule has 2 atom stereocenters. The molecule has 26 heavy (non-hydrogen) atoms. The first-order chi connectivity index (χ1) is 12.1. The van der Waals surface area contributed by atoms with Gasteiger partial charge < -0.3 is 16.0 Å². The minimum Gasteiger partial charge on any atom is -0.334 e. The van der Waals surface area contributed by atoms with Crippen LogP contribution in [0, 0.1) is 11.7 Å². The fourth-order valence-corrected chi connectivity index (χ4v) is 4.46. The highest BCUT2D eigenvalue weighted by Crippen LogP contribution is 2.20. The van der Waals surface area contributed by atoms with Gasteiger partial charge in [0.05, 0.1) is 16.5 Å². The molecule has 0 unspecified atom stereocenters. The van der Waals surface area contributed by atoms with E-state index < -0.39 is 39.7 Å². The number of anilines is 1. The van der Waals surface area contributed by atoms with Crippen LogP contribution in [0.5, 0.6) is 0 Å². The molecule has 7 nitrogen and oxygen atoms in total. The van der Waals surface area contributed by atoms with Gasteiger partial charge in [-0.1, -0.05) is 25.4 Å². The second kappa shape index (κ2) is 8.22. The number of benzene rings is 1. The Labute approximate surface area is 156 Å². The molecule has 1 saturated heterocycles. The molecule has 0 radical (unpaired) electrons. The highest BCUT2D eigenvalue weighted by molar-refractivity contribution is 7.91. The molecule has 0 aliphatic carbocycles. The van der Waals surface area contributed by atoms with Crippen molar-refractivity contribution >= 4 is 39.1 Å². The van der Waals surface area contributed by atoms with Crippen LogP contribution in [-0.4, -0.2) is 43.9 Å². The topological polar surface area (TPSA) is 104 Å². The van der Waals surface area contributed by atoms with E-state index in [1.165, 1.54) is 12.1 Å². The van der Waals surface area contributed by atoms with Crippen LogP contribution in [0.15, 0.2) is 18.2 Å². The van der Waals surface area contributed by atoms with E-state index in [1.54, 1.807) is 13.8 Å². The SMILES string of the molecule is CC(C)[C@H](NC(=O)N[C@@H]1CCS(=O)(=O)C1)C(=O)Nc1ccc(F)c(Cl)c1. The predicted octanol–water partition coefficient (Wildman–Crippen LogP) is 1.93. The standard InChI is InChI=1S/C16H21ClFN3O4S/c1-9(2)14(15(22)19-10-3-4-13(18)12(17)7-10)21-16(23)20-11-5-6-26(24,25)8-11/h3-4,7,9,11,14H,5-6,8H2,1-2H3,(H,19,22)(H2,20,21,23)/t11-,14+/m1/s1. The first-order valence-corrected chi connectivity index (χ1v) is 10.3. The van der Waals surface area contributed by atoms with Crippen molar-refractivity contribution in [1.82, 2.24) is 10.6 Å². The average molecular weight is 406 g/mol. The molecule has 1 heterocycles. The van der Waals surface area contributed by atoms with E-state index in [0.29, 0.717) is 12.1 Å². The number of rotatable bonds is 5. The highest BCUT2D eigenvalue weighted by Gasteiger charge is 2.30. The van der Waals surface area contributed by atoms with E-state index in [0.717, 1.165) is 6.07 Å².